The Morgan fingerprint density at radius 3 is 2.87 bits per heavy atom. The average molecular weight is 245 g/mol. The number of ether oxygens (including phenoxy) is 1. The third-order valence-electron chi connectivity index (χ3n) is 1.87. The predicted octanol–water partition coefficient (Wildman–Crippen LogP) is 0.168. The molecule has 7 heteroatoms. The van der Waals surface area contributed by atoms with Crippen LogP contribution in [0.1, 0.15) is 6.42 Å². The molecule has 0 aromatic heterocycles. The van der Waals surface area contributed by atoms with Gasteiger partial charge < -0.3 is 15.4 Å². The van der Waals surface area contributed by atoms with Crippen LogP contribution in [-0.4, -0.2) is 44.7 Å². The normalized spacial score (nSPS) is 20.9. The van der Waals surface area contributed by atoms with Gasteiger partial charge in [-0.1, -0.05) is 0 Å². The Morgan fingerprint density at radius 1 is 1.60 bits per heavy atom. The van der Waals surface area contributed by atoms with Crippen LogP contribution < -0.4 is 10.6 Å². The van der Waals surface area contributed by atoms with Gasteiger partial charge in [0.25, 0.3) is 6.43 Å². The van der Waals surface area contributed by atoms with Crippen molar-refractivity contribution in [1.82, 2.24) is 10.6 Å². The van der Waals surface area contributed by atoms with Crippen LogP contribution >= 0.6 is 12.4 Å². The highest BCUT2D eigenvalue weighted by molar-refractivity contribution is 5.85. The molecule has 1 amide bonds. The van der Waals surface area contributed by atoms with Gasteiger partial charge in [-0.15, -0.1) is 12.4 Å². The highest BCUT2D eigenvalue weighted by Crippen LogP contribution is 2.01. The van der Waals surface area contributed by atoms with Crippen molar-refractivity contribution in [3.8, 4) is 0 Å². The Morgan fingerprint density at radius 2 is 2.33 bits per heavy atom. The summed E-state index contributed by atoms with van der Waals surface area (Å²) in [6, 6.07) is 0. The largest absolute Gasteiger partial charge is 0.375 e. The van der Waals surface area contributed by atoms with Crippen molar-refractivity contribution in [3.05, 3.63) is 0 Å². The molecular weight excluding hydrogens is 230 g/mol. The van der Waals surface area contributed by atoms with Gasteiger partial charge in [-0.2, -0.15) is 0 Å². The summed E-state index contributed by atoms with van der Waals surface area (Å²) in [6.07, 6.45) is -2.55. The van der Waals surface area contributed by atoms with Crippen LogP contribution in [0.3, 0.4) is 0 Å². The van der Waals surface area contributed by atoms with Crippen LogP contribution in [0.25, 0.3) is 0 Å². The monoisotopic (exact) mass is 244 g/mol. The van der Waals surface area contributed by atoms with E-state index in [2.05, 4.69) is 10.6 Å². The molecule has 15 heavy (non-hydrogen) atoms. The maximum absolute atomic E-state index is 11.7. The third kappa shape index (κ3) is 6.59. The number of nitrogens with one attached hydrogen (secondary N) is 2. The van der Waals surface area contributed by atoms with Crippen molar-refractivity contribution in [2.24, 2.45) is 0 Å². The molecule has 1 rings (SSSR count). The highest BCUT2D eigenvalue weighted by Gasteiger charge is 2.17. The predicted molar refractivity (Wildman–Crippen MR) is 53.5 cm³/mol. The fourth-order valence-electron chi connectivity index (χ4n) is 1.22. The van der Waals surface area contributed by atoms with Gasteiger partial charge in [0.2, 0.25) is 5.91 Å². The molecule has 0 aromatic carbocycles. The lowest BCUT2D eigenvalue weighted by Crippen LogP contribution is -2.42. The topological polar surface area (TPSA) is 50.4 Å². The summed E-state index contributed by atoms with van der Waals surface area (Å²) in [5.41, 5.74) is 0. The zero-order valence-electron chi connectivity index (χ0n) is 8.17. The summed E-state index contributed by atoms with van der Waals surface area (Å²) >= 11 is 0. The van der Waals surface area contributed by atoms with E-state index in [-0.39, 0.29) is 30.8 Å². The number of carbonyl (C=O) groups excluding carboxylic acids is 1. The van der Waals surface area contributed by atoms with Crippen molar-refractivity contribution in [1.29, 1.82) is 0 Å². The number of morpholine rings is 1. The molecule has 0 aromatic rings. The molecule has 1 unspecified atom stereocenters. The molecule has 90 valence electrons. The van der Waals surface area contributed by atoms with E-state index in [4.69, 9.17) is 4.74 Å². The van der Waals surface area contributed by atoms with Crippen LogP contribution in [0.15, 0.2) is 0 Å². The average Bonchev–Trinajstić information content (AvgIpc) is 2.16. The van der Waals surface area contributed by atoms with E-state index in [0.717, 1.165) is 6.54 Å². The molecule has 0 spiro atoms. The summed E-state index contributed by atoms with van der Waals surface area (Å²) in [5.74, 6) is -0.390. The van der Waals surface area contributed by atoms with Gasteiger partial charge in [0.05, 0.1) is 25.7 Å². The van der Waals surface area contributed by atoms with Gasteiger partial charge in [-0.25, -0.2) is 8.78 Å². The minimum absolute atomic E-state index is 0. The molecule has 2 N–H and O–H groups in total. The number of hydrogen-bond donors (Lipinski definition) is 2. The molecule has 1 atom stereocenters. The molecule has 0 saturated carbocycles. The van der Waals surface area contributed by atoms with Crippen LogP contribution in [0.5, 0.6) is 0 Å². The maximum Gasteiger partial charge on any atom is 0.255 e. The lowest BCUT2D eigenvalue weighted by molar-refractivity contribution is -0.125. The molecule has 0 bridgehead atoms. The first-order valence-electron chi connectivity index (χ1n) is 4.55. The Kier molecular flexibility index (Phi) is 7.54. The van der Waals surface area contributed by atoms with Gasteiger partial charge >= 0.3 is 0 Å². The molecule has 1 heterocycles. The molecule has 1 fully saturated rings. The van der Waals surface area contributed by atoms with Crippen molar-refractivity contribution < 1.29 is 18.3 Å². The first kappa shape index (κ1) is 14.5. The molecular formula is C8H15ClF2N2O2. The molecule has 0 aliphatic carbocycles. The van der Waals surface area contributed by atoms with Crippen LogP contribution in [0.2, 0.25) is 0 Å². The number of amides is 1. The summed E-state index contributed by atoms with van der Waals surface area (Å²) in [5, 5.41) is 5.18. The lowest BCUT2D eigenvalue weighted by Gasteiger charge is -2.22. The zero-order chi connectivity index (χ0) is 10.4. The minimum atomic E-state index is -2.50. The first-order valence-corrected chi connectivity index (χ1v) is 4.55. The first-order chi connectivity index (χ1) is 6.68. The second kappa shape index (κ2) is 7.78. The van der Waals surface area contributed by atoms with Gasteiger partial charge in [0.15, 0.2) is 0 Å². The second-order valence-corrected chi connectivity index (χ2v) is 3.10. The number of alkyl halides is 2. The van der Waals surface area contributed by atoms with Crippen LogP contribution in [0, 0.1) is 0 Å². The minimum Gasteiger partial charge on any atom is -0.375 e. The summed E-state index contributed by atoms with van der Waals surface area (Å²) in [4.78, 5) is 11.1. The zero-order valence-corrected chi connectivity index (χ0v) is 8.99. The molecule has 0 radical (unpaired) electrons. The third-order valence-corrected chi connectivity index (χ3v) is 1.87. The van der Waals surface area contributed by atoms with Crippen molar-refractivity contribution in [3.63, 3.8) is 0 Å². The van der Waals surface area contributed by atoms with Gasteiger partial charge in [-0.05, 0) is 0 Å². The molecule has 4 nitrogen and oxygen atoms in total. The SMILES string of the molecule is Cl.O=C(CC1CNCCO1)NCC(F)F. The van der Waals surface area contributed by atoms with E-state index < -0.39 is 13.0 Å². The number of halogens is 3. The molecule has 1 saturated heterocycles. The second-order valence-electron chi connectivity index (χ2n) is 3.10. The fraction of sp³-hybridized carbons (Fsp3) is 0.875. The van der Waals surface area contributed by atoms with E-state index in [1.165, 1.54) is 0 Å². The van der Waals surface area contributed by atoms with Crippen LogP contribution in [-0.2, 0) is 9.53 Å². The summed E-state index contributed by atoms with van der Waals surface area (Å²) in [6.45, 7) is 1.35. The molecule has 1 aliphatic heterocycles. The van der Waals surface area contributed by atoms with E-state index in [9.17, 15) is 13.6 Å². The quantitative estimate of drug-likeness (QED) is 0.741. The lowest BCUT2D eigenvalue weighted by atomic mass is 10.2. The number of rotatable bonds is 4. The smallest absolute Gasteiger partial charge is 0.255 e. The Balaban J connectivity index is 0.00000196. The maximum atomic E-state index is 11.7. The number of carbonyl (C=O) groups is 1. The number of hydrogen-bond acceptors (Lipinski definition) is 3. The Hall–Kier alpha value is -0.460. The van der Waals surface area contributed by atoms with E-state index >= 15 is 0 Å². The Labute approximate surface area is 93.1 Å². The van der Waals surface area contributed by atoms with E-state index in [0.29, 0.717) is 13.2 Å². The van der Waals surface area contributed by atoms with E-state index in [1.807, 2.05) is 0 Å². The van der Waals surface area contributed by atoms with Crippen molar-refractivity contribution >= 4 is 18.3 Å². The van der Waals surface area contributed by atoms with Gasteiger partial charge in [0.1, 0.15) is 0 Å². The highest BCUT2D eigenvalue weighted by atomic mass is 35.5. The van der Waals surface area contributed by atoms with Gasteiger partial charge in [0, 0.05) is 13.1 Å². The van der Waals surface area contributed by atoms with Crippen LogP contribution in [0.4, 0.5) is 8.78 Å². The molecule has 1 aliphatic rings. The van der Waals surface area contributed by atoms with Crippen molar-refractivity contribution in [2.75, 3.05) is 26.2 Å². The van der Waals surface area contributed by atoms with Crippen molar-refractivity contribution in [2.45, 2.75) is 19.0 Å². The van der Waals surface area contributed by atoms with Gasteiger partial charge in [-0.3, -0.25) is 4.79 Å². The summed E-state index contributed by atoms with van der Waals surface area (Å²) in [7, 11) is 0. The van der Waals surface area contributed by atoms with E-state index in [1.54, 1.807) is 0 Å². The Bertz CT molecular complexity index is 189. The fourth-order valence-corrected chi connectivity index (χ4v) is 1.22. The summed E-state index contributed by atoms with van der Waals surface area (Å²) < 4.78 is 28.7. The standard InChI is InChI=1S/C8H14F2N2O2.ClH/c9-7(10)5-12-8(13)3-6-4-11-1-2-14-6;/h6-7,11H,1-5H2,(H,12,13);1H.